The Hall–Kier alpha value is -2.27. The number of carbonyl (C=O) groups is 1. The topological polar surface area (TPSA) is 54.4 Å². The van der Waals surface area contributed by atoms with Gasteiger partial charge in [0.2, 0.25) is 0 Å². The fourth-order valence-electron chi connectivity index (χ4n) is 2.19. The largest absolute Gasteiger partial charge is 0.478 e. The summed E-state index contributed by atoms with van der Waals surface area (Å²) < 4.78 is 26.0. The zero-order chi connectivity index (χ0) is 14.3. The molecule has 0 bridgehead atoms. The van der Waals surface area contributed by atoms with Gasteiger partial charge in [0, 0.05) is 11.0 Å². The molecule has 1 unspecified atom stereocenters. The fraction of sp³-hybridized carbons (Fsp3) is 0. The highest BCUT2D eigenvalue weighted by Gasteiger charge is 2.19. The van der Waals surface area contributed by atoms with Crippen LogP contribution in [0.15, 0.2) is 46.7 Å². The SMILES string of the molecule is O=C(O)c1ccc2c(c1)S(=O)C=Cc1c(F)cccc1-2. The van der Waals surface area contributed by atoms with Crippen LogP contribution >= 0.6 is 0 Å². The minimum Gasteiger partial charge on any atom is -0.478 e. The van der Waals surface area contributed by atoms with E-state index in [9.17, 15) is 13.4 Å². The zero-order valence-electron chi connectivity index (χ0n) is 10.2. The third-order valence-electron chi connectivity index (χ3n) is 3.15. The van der Waals surface area contributed by atoms with Crippen LogP contribution in [0.1, 0.15) is 15.9 Å². The Balaban J connectivity index is 2.34. The first-order valence-corrected chi connectivity index (χ1v) is 7.04. The molecule has 3 rings (SSSR count). The summed E-state index contributed by atoms with van der Waals surface area (Å²) in [6.07, 6.45) is 1.47. The summed E-state index contributed by atoms with van der Waals surface area (Å²) in [6.45, 7) is 0. The van der Waals surface area contributed by atoms with Gasteiger partial charge in [0.15, 0.2) is 0 Å². The molecule has 0 radical (unpaired) electrons. The Bertz CT molecular complexity index is 781. The van der Waals surface area contributed by atoms with Crippen molar-refractivity contribution in [2.45, 2.75) is 4.90 Å². The molecule has 2 aromatic rings. The zero-order valence-corrected chi connectivity index (χ0v) is 11.0. The molecule has 2 aromatic carbocycles. The lowest BCUT2D eigenvalue weighted by molar-refractivity contribution is 0.0696. The average molecular weight is 288 g/mol. The molecule has 1 atom stereocenters. The summed E-state index contributed by atoms with van der Waals surface area (Å²) >= 11 is 0. The van der Waals surface area contributed by atoms with Crippen LogP contribution in [-0.4, -0.2) is 15.3 Å². The van der Waals surface area contributed by atoms with Crippen LogP contribution in [0.2, 0.25) is 0 Å². The highest BCUT2D eigenvalue weighted by Crippen LogP contribution is 2.35. The second kappa shape index (κ2) is 4.68. The smallest absolute Gasteiger partial charge is 0.335 e. The van der Waals surface area contributed by atoms with Crippen molar-refractivity contribution in [3.63, 3.8) is 0 Å². The number of hydrogen-bond acceptors (Lipinski definition) is 2. The summed E-state index contributed by atoms with van der Waals surface area (Å²) in [5.41, 5.74) is 1.62. The predicted molar refractivity (Wildman–Crippen MR) is 74.2 cm³/mol. The van der Waals surface area contributed by atoms with Crippen LogP contribution < -0.4 is 0 Å². The van der Waals surface area contributed by atoms with Gasteiger partial charge in [-0.15, -0.1) is 0 Å². The van der Waals surface area contributed by atoms with Crippen molar-refractivity contribution in [1.82, 2.24) is 0 Å². The lowest BCUT2D eigenvalue weighted by atomic mass is 9.98. The molecule has 0 spiro atoms. The van der Waals surface area contributed by atoms with Gasteiger partial charge in [-0.2, -0.15) is 0 Å². The van der Waals surface area contributed by atoms with E-state index < -0.39 is 22.6 Å². The third-order valence-corrected chi connectivity index (χ3v) is 4.30. The standard InChI is InChI=1S/C15H9FO3S/c16-13-3-1-2-10-11(13)6-7-20(19)14-8-9(15(17)18)4-5-12(10)14/h1-8H,(H,17,18). The van der Waals surface area contributed by atoms with Crippen LogP contribution in [0.4, 0.5) is 4.39 Å². The third kappa shape index (κ3) is 1.96. The van der Waals surface area contributed by atoms with Crippen molar-refractivity contribution < 1.29 is 18.5 Å². The van der Waals surface area contributed by atoms with Gasteiger partial charge in [-0.3, -0.25) is 0 Å². The second-order valence-electron chi connectivity index (χ2n) is 4.32. The molecule has 1 N–H and O–H groups in total. The molecule has 0 aliphatic carbocycles. The van der Waals surface area contributed by atoms with E-state index in [1.165, 1.54) is 29.7 Å². The monoisotopic (exact) mass is 288 g/mol. The number of fused-ring (bicyclic) bond motifs is 3. The normalized spacial score (nSPS) is 16.1. The van der Waals surface area contributed by atoms with Crippen molar-refractivity contribution in [2.24, 2.45) is 0 Å². The molecule has 5 heteroatoms. The summed E-state index contributed by atoms with van der Waals surface area (Å²) in [5, 5.41) is 10.4. The van der Waals surface area contributed by atoms with Crippen LogP contribution in [-0.2, 0) is 10.8 Å². The van der Waals surface area contributed by atoms with Gasteiger partial charge < -0.3 is 5.11 Å². The molecule has 1 heterocycles. The number of carboxylic acid groups (broad SMARTS) is 1. The van der Waals surface area contributed by atoms with Crippen molar-refractivity contribution in [3.05, 3.63) is 58.8 Å². The molecular weight excluding hydrogens is 279 g/mol. The Morgan fingerprint density at radius 1 is 1.15 bits per heavy atom. The number of aromatic carboxylic acids is 1. The van der Waals surface area contributed by atoms with E-state index >= 15 is 0 Å². The van der Waals surface area contributed by atoms with Crippen molar-refractivity contribution in [2.75, 3.05) is 0 Å². The molecule has 100 valence electrons. The highest BCUT2D eigenvalue weighted by atomic mass is 32.2. The van der Waals surface area contributed by atoms with Gasteiger partial charge in [0.05, 0.1) is 21.3 Å². The summed E-state index contributed by atoms with van der Waals surface area (Å²) in [6, 6.07) is 9.01. The highest BCUT2D eigenvalue weighted by molar-refractivity contribution is 7.88. The Morgan fingerprint density at radius 2 is 1.95 bits per heavy atom. The van der Waals surface area contributed by atoms with Crippen LogP contribution in [0, 0.1) is 5.82 Å². The molecule has 3 nitrogen and oxygen atoms in total. The molecule has 20 heavy (non-hydrogen) atoms. The maximum Gasteiger partial charge on any atom is 0.335 e. The molecule has 0 saturated carbocycles. The maximum atomic E-state index is 13.8. The van der Waals surface area contributed by atoms with Crippen LogP contribution in [0.5, 0.6) is 0 Å². The molecule has 1 aliphatic heterocycles. The summed E-state index contributed by atoms with van der Waals surface area (Å²) in [4.78, 5) is 11.4. The van der Waals surface area contributed by atoms with E-state index in [-0.39, 0.29) is 5.56 Å². The fourth-order valence-corrected chi connectivity index (χ4v) is 3.23. The summed E-state index contributed by atoms with van der Waals surface area (Å²) in [7, 11) is -1.50. The van der Waals surface area contributed by atoms with Gasteiger partial charge in [-0.25, -0.2) is 13.4 Å². The minimum absolute atomic E-state index is 0.0605. The van der Waals surface area contributed by atoms with Crippen LogP contribution in [0.25, 0.3) is 17.2 Å². The van der Waals surface area contributed by atoms with Crippen molar-refractivity contribution >= 4 is 22.8 Å². The summed E-state index contributed by atoms with van der Waals surface area (Å²) in [5.74, 6) is -1.48. The van der Waals surface area contributed by atoms with Gasteiger partial charge in [-0.1, -0.05) is 18.2 Å². The van der Waals surface area contributed by atoms with Crippen LogP contribution in [0.3, 0.4) is 0 Å². The first-order chi connectivity index (χ1) is 9.58. The van der Waals surface area contributed by atoms with E-state index in [1.54, 1.807) is 18.2 Å². The number of halogens is 1. The predicted octanol–water partition coefficient (Wildman–Crippen LogP) is 3.28. The van der Waals surface area contributed by atoms with Gasteiger partial charge in [0.1, 0.15) is 5.82 Å². The number of rotatable bonds is 1. The van der Waals surface area contributed by atoms with Crippen molar-refractivity contribution in [3.8, 4) is 11.1 Å². The Labute approximate surface area is 116 Å². The Morgan fingerprint density at radius 3 is 2.70 bits per heavy atom. The first kappa shape index (κ1) is 12.7. The molecule has 1 aliphatic rings. The average Bonchev–Trinajstić information content (AvgIpc) is 2.58. The van der Waals surface area contributed by atoms with Gasteiger partial charge in [0.25, 0.3) is 0 Å². The lowest BCUT2D eigenvalue weighted by Gasteiger charge is -2.09. The van der Waals surface area contributed by atoms with Gasteiger partial charge in [-0.05, 0) is 35.4 Å². The maximum absolute atomic E-state index is 13.8. The lowest BCUT2D eigenvalue weighted by Crippen LogP contribution is -1.99. The van der Waals surface area contributed by atoms with E-state index in [0.717, 1.165) is 0 Å². The molecular formula is C15H9FO3S. The molecule has 0 fully saturated rings. The van der Waals surface area contributed by atoms with Crippen molar-refractivity contribution in [1.29, 1.82) is 0 Å². The number of carboxylic acids is 1. The van der Waals surface area contributed by atoms with E-state index in [4.69, 9.17) is 5.11 Å². The number of benzene rings is 2. The minimum atomic E-state index is -1.50. The Kier molecular flexibility index (Phi) is 2.99. The van der Waals surface area contributed by atoms with E-state index in [0.29, 0.717) is 21.6 Å². The van der Waals surface area contributed by atoms with E-state index in [2.05, 4.69) is 0 Å². The molecule has 0 amide bonds. The second-order valence-corrected chi connectivity index (χ2v) is 5.62. The number of hydrogen-bond donors (Lipinski definition) is 1. The molecule has 0 saturated heterocycles. The molecule has 0 aromatic heterocycles. The first-order valence-electron chi connectivity index (χ1n) is 5.83. The van der Waals surface area contributed by atoms with E-state index in [1.807, 2.05) is 0 Å². The quantitative estimate of drug-likeness (QED) is 0.876. The van der Waals surface area contributed by atoms with Gasteiger partial charge >= 0.3 is 5.97 Å².